The monoisotopic (exact) mass is 180 g/mol. The highest BCUT2D eigenvalue weighted by Crippen LogP contribution is 2.15. The highest BCUT2D eigenvalue weighted by atomic mass is 16.3. The maximum Gasteiger partial charge on any atom is 0.131 e. The van der Waals surface area contributed by atoms with Crippen LogP contribution in [0.1, 0.15) is 18.1 Å². The minimum atomic E-state index is 0.0595. The molecule has 1 rings (SSSR count). The van der Waals surface area contributed by atoms with E-state index in [1.807, 2.05) is 20.0 Å². The summed E-state index contributed by atoms with van der Waals surface area (Å²) in [5.74, 6) is 0.986. The van der Waals surface area contributed by atoms with E-state index in [-0.39, 0.29) is 6.61 Å². The zero-order valence-corrected chi connectivity index (χ0v) is 8.41. The first-order valence-electron chi connectivity index (χ1n) is 4.46. The largest absolute Gasteiger partial charge is 0.392 e. The maximum atomic E-state index is 8.90. The Balaban J connectivity index is 2.98. The Kier molecular flexibility index (Phi) is 3.25. The van der Waals surface area contributed by atoms with E-state index in [2.05, 4.69) is 16.8 Å². The van der Waals surface area contributed by atoms with E-state index in [0.717, 1.165) is 23.5 Å². The third kappa shape index (κ3) is 2.18. The van der Waals surface area contributed by atoms with Crippen molar-refractivity contribution in [1.82, 2.24) is 4.98 Å². The van der Waals surface area contributed by atoms with E-state index in [9.17, 15) is 0 Å². The second kappa shape index (κ2) is 4.23. The molecule has 0 fully saturated rings. The first-order valence-corrected chi connectivity index (χ1v) is 4.46. The lowest BCUT2D eigenvalue weighted by Gasteiger charge is -2.18. The van der Waals surface area contributed by atoms with Gasteiger partial charge in [-0.05, 0) is 31.0 Å². The Morgan fingerprint density at radius 1 is 1.54 bits per heavy atom. The van der Waals surface area contributed by atoms with Gasteiger partial charge in [0.2, 0.25) is 0 Å². The second-order valence-electron chi connectivity index (χ2n) is 3.16. The van der Waals surface area contributed by atoms with Gasteiger partial charge < -0.3 is 10.0 Å². The smallest absolute Gasteiger partial charge is 0.131 e. The molecule has 1 heterocycles. The van der Waals surface area contributed by atoms with E-state index in [0.29, 0.717) is 0 Å². The Labute approximate surface area is 79.0 Å². The summed E-state index contributed by atoms with van der Waals surface area (Å²) in [4.78, 5) is 6.37. The number of aliphatic hydroxyl groups excluding tert-OH is 1. The van der Waals surface area contributed by atoms with E-state index in [1.165, 1.54) is 0 Å². The number of aliphatic hydroxyl groups is 1. The summed E-state index contributed by atoms with van der Waals surface area (Å²) in [5, 5.41) is 8.90. The van der Waals surface area contributed by atoms with E-state index < -0.39 is 0 Å². The van der Waals surface area contributed by atoms with Gasteiger partial charge in [0.1, 0.15) is 5.82 Å². The van der Waals surface area contributed by atoms with Crippen molar-refractivity contribution < 1.29 is 5.11 Å². The summed E-state index contributed by atoms with van der Waals surface area (Å²) in [5.41, 5.74) is 1.97. The van der Waals surface area contributed by atoms with Gasteiger partial charge in [0.05, 0.1) is 6.61 Å². The summed E-state index contributed by atoms with van der Waals surface area (Å²) in [6, 6.07) is 1.97. The number of hydrogen-bond donors (Lipinski definition) is 1. The molecule has 0 spiro atoms. The van der Waals surface area contributed by atoms with Crippen LogP contribution < -0.4 is 4.90 Å². The molecule has 0 unspecified atom stereocenters. The number of aromatic nitrogens is 1. The van der Waals surface area contributed by atoms with Gasteiger partial charge in [0, 0.05) is 19.8 Å². The van der Waals surface area contributed by atoms with Crippen molar-refractivity contribution in [2.45, 2.75) is 20.5 Å². The van der Waals surface area contributed by atoms with Gasteiger partial charge >= 0.3 is 0 Å². The Bertz CT molecular complexity index is 286. The molecule has 13 heavy (non-hydrogen) atoms. The zero-order valence-electron chi connectivity index (χ0n) is 8.41. The van der Waals surface area contributed by atoms with Crippen LogP contribution in [-0.4, -0.2) is 23.7 Å². The van der Waals surface area contributed by atoms with Gasteiger partial charge in [-0.25, -0.2) is 4.98 Å². The van der Waals surface area contributed by atoms with Crippen molar-refractivity contribution in [2.24, 2.45) is 0 Å². The molecule has 72 valence electrons. The molecule has 0 saturated carbocycles. The lowest BCUT2D eigenvalue weighted by atomic mass is 10.2. The average molecular weight is 180 g/mol. The summed E-state index contributed by atoms with van der Waals surface area (Å²) >= 11 is 0. The number of rotatable bonds is 3. The highest BCUT2D eigenvalue weighted by molar-refractivity contribution is 5.46. The Hall–Kier alpha value is -1.09. The zero-order chi connectivity index (χ0) is 9.84. The van der Waals surface area contributed by atoms with E-state index in [4.69, 9.17) is 5.11 Å². The third-order valence-corrected chi connectivity index (χ3v) is 2.13. The van der Waals surface area contributed by atoms with Crippen molar-refractivity contribution in [2.75, 3.05) is 18.5 Å². The van der Waals surface area contributed by atoms with Gasteiger partial charge in [0.15, 0.2) is 0 Å². The fourth-order valence-corrected chi connectivity index (χ4v) is 1.26. The van der Waals surface area contributed by atoms with Crippen LogP contribution in [0.15, 0.2) is 12.3 Å². The topological polar surface area (TPSA) is 36.4 Å². The van der Waals surface area contributed by atoms with Crippen molar-refractivity contribution >= 4 is 5.82 Å². The fraction of sp³-hybridized carbons (Fsp3) is 0.500. The average Bonchev–Trinajstić information content (AvgIpc) is 2.16. The molecule has 1 aromatic heterocycles. The van der Waals surface area contributed by atoms with Crippen LogP contribution in [0.2, 0.25) is 0 Å². The van der Waals surface area contributed by atoms with Gasteiger partial charge in [-0.2, -0.15) is 0 Å². The van der Waals surface area contributed by atoms with Crippen molar-refractivity contribution in [3.63, 3.8) is 0 Å². The predicted molar refractivity (Wildman–Crippen MR) is 53.8 cm³/mol. The number of aryl methyl sites for hydroxylation is 1. The Morgan fingerprint density at radius 2 is 2.23 bits per heavy atom. The van der Waals surface area contributed by atoms with Gasteiger partial charge in [-0.15, -0.1) is 0 Å². The van der Waals surface area contributed by atoms with Gasteiger partial charge in [0.25, 0.3) is 0 Å². The third-order valence-electron chi connectivity index (χ3n) is 2.13. The molecule has 0 aliphatic carbocycles. The van der Waals surface area contributed by atoms with E-state index >= 15 is 0 Å². The van der Waals surface area contributed by atoms with Crippen LogP contribution in [0.25, 0.3) is 0 Å². The highest BCUT2D eigenvalue weighted by Gasteiger charge is 2.04. The number of pyridine rings is 1. The normalized spacial score (nSPS) is 10.2. The van der Waals surface area contributed by atoms with Gasteiger partial charge in [-0.3, -0.25) is 0 Å². The molecule has 0 amide bonds. The minimum Gasteiger partial charge on any atom is -0.392 e. The van der Waals surface area contributed by atoms with E-state index in [1.54, 1.807) is 6.20 Å². The van der Waals surface area contributed by atoms with Gasteiger partial charge in [-0.1, -0.05) is 0 Å². The molecule has 0 bridgehead atoms. The Morgan fingerprint density at radius 3 is 2.69 bits per heavy atom. The number of anilines is 1. The lowest BCUT2D eigenvalue weighted by Crippen LogP contribution is -2.18. The molecule has 0 aliphatic heterocycles. The molecular weight excluding hydrogens is 164 g/mol. The second-order valence-corrected chi connectivity index (χ2v) is 3.16. The van der Waals surface area contributed by atoms with Crippen LogP contribution in [0, 0.1) is 6.92 Å². The van der Waals surface area contributed by atoms with Crippen LogP contribution in [0.3, 0.4) is 0 Å². The van der Waals surface area contributed by atoms with Crippen molar-refractivity contribution in [3.05, 3.63) is 23.4 Å². The van der Waals surface area contributed by atoms with Crippen LogP contribution in [0.4, 0.5) is 5.82 Å². The van der Waals surface area contributed by atoms with Crippen LogP contribution >= 0.6 is 0 Å². The molecule has 1 N–H and O–H groups in total. The summed E-state index contributed by atoms with van der Waals surface area (Å²) in [7, 11) is 2.01. The quantitative estimate of drug-likeness (QED) is 0.762. The molecule has 3 heteroatoms. The SMILES string of the molecule is CCN(C)c1ncc(CO)cc1C. The number of hydrogen-bond acceptors (Lipinski definition) is 3. The molecule has 0 atom stereocenters. The van der Waals surface area contributed by atoms with Crippen LogP contribution in [0.5, 0.6) is 0 Å². The molecule has 1 aromatic rings. The standard InChI is InChI=1S/C10H16N2O/c1-4-12(3)10-8(2)5-9(7-13)6-11-10/h5-6,13H,4,7H2,1-3H3. The first kappa shape index (κ1) is 9.99. The summed E-state index contributed by atoms with van der Waals surface area (Å²) < 4.78 is 0. The maximum absolute atomic E-state index is 8.90. The predicted octanol–water partition coefficient (Wildman–Crippen LogP) is 1.34. The molecule has 0 aromatic carbocycles. The summed E-state index contributed by atoms with van der Waals surface area (Å²) in [6.07, 6.45) is 1.72. The molecule has 3 nitrogen and oxygen atoms in total. The molecule has 0 aliphatic rings. The summed E-state index contributed by atoms with van der Waals surface area (Å²) in [6.45, 7) is 5.09. The lowest BCUT2D eigenvalue weighted by molar-refractivity contribution is 0.281. The van der Waals surface area contributed by atoms with Crippen molar-refractivity contribution in [1.29, 1.82) is 0 Å². The fourth-order valence-electron chi connectivity index (χ4n) is 1.26. The molecule has 0 radical (unpaired) electrons. The molecular formula is C10H16N2O. The van der Waals surface area contributed by atoms with Crippen molar-refractivity contribution in [3.8, 4) is 0 Å². The molecule has 0 saturated heterocycles. The first-order chi connectivity index (χ1) is 6.19. The number of nitrogens with zero attached hydrogens (tertiary/aromatic N) is 2. The van der Waals surface area contributed by atoms with Crippen LogP contribution in [-0.2, 0) is 6.61 Å². The minimum absolute atomic E-state index is 0.0595.